The fourth-order valence-corrected chi connectivity index (χ4v) is 10.4. The molecule has 1 unspecified atom stereocenters. The quantitative estimate of drug-likeness (QED) is 0.0500. The largest absolute Gasteiger partial charge is 0.508 e. The molecular formula is C50H77N8O13PS. The van der Waals surface area contributed by atoms with Crippen LogP contribution in [0.15, 0.2) is 48.5 Å². The minimum Gasteiger partial charge on any atom is -0.508 e. The second-order valence-electron chi connectivity index (χ2n) is 20.0. The molecule has 1 fully saturated rings. The number of nitrogens with two attached hydrogens (primary N) is 1. The summed E-state index contributed by atoms with van der Waals surface area (Å²) in [4.78, 5) is 120. The van der Waals surface area contributed by atoms with Gasteiger partial charge in [0.15, 0.2) is 0 Å². The Morgan fingerprint density at radius 1 is 0.685 bits per heavy atom. The number of carboxylic acids is 1. The summed E-state index contributed by atoms with van der Waals surface area (Å²) in [5.74, 6) is -7.11. The van der Waals surface area contributed by atoms with Crippen LogP contribution < -0.4 is 37.6 Å². The number of nitrogens with one attached hydrogen (secondary N) is 6. The number of likely N-dealkylation sites (tertiary alicyclic amines) is 1. The molecule has 1 heterocycles. The van der Waals surface area contributed by atoms with Gasteiger partial charge in [-0.3, -0.25) is 42.9 Å². The van der Waals surface area contributed by atoms with E-state index >= 15 is 0 Å². The lowest BCUT2D eigenvalue weighted by molar-refractivity contribution is -0.143. The smallest absolute Gasteiger partial charge is 0.322 e. The average Bonchev–Trinajstić information content (AvgIpc) is 3.81. The number of phenols is 2. The van der Waals surface area contributed by atoms with Gasteiger partial charge in [0.25, 0.3) is 0 Å². The number of benzene rings is 2. The predicted octanol–water partition coefficient (Wildman–Crippen LogP) is 2.19. The van der Waals surface area contributed by atoms with Crippen molar-refractivity contribution in [2.75, 3.05) is 37.5 Å². The summed E-state index contributed by atoms with van der Waals surface area (Å²) in [6.07, 6.45) is 1.67. The second-order valence-corrected chi connectivity index (χ2v) is 23.3. The van der Waals surface area contributed by atoms with Crippen LogP contribution in [0, 0.1) is 23.7 Å². The predicted molar refractivity (Wildman–Crippen MR) is 277 cm³/mol. The number of carbonyl (C=O) groups is 8. The van der Waals surface area contributed by atoms with Gasteiger partial charge >= 0.3 is 5.97 Å². The molecular weight excluding hydrogens is 984 g/mol. The Hall–Kier alpha value is -5.70. The lowest BCUT2D eigenvalue weighted by Crippen LogP contribution is -2.58. The zero-order valence-electron chi connectivity index (χ0n) is 42.9. The third kappa shape index (κ3) is 21.7. The average molecular weight is 1060 g/mol. The molecule has 23 heteroatoms. The van der Waals surface area contributed by atoms with Crippen LogP contribution in [0.4, 0.5) is 0 Å². The van der Waals surface area contributed by atoms with E-state index in [4.69, 9.17) is 10.8 Å². The van der Waals surface area contributed by atoms with Crippen LogP contribution >= 0.6 is 19.1 Å². The van der Waals surface area contributed by atoms with Gasteiger partial charge < -0.3 is 62.7 Å². The monoisotopic (exact) mass is 1060 g/mol. The summed E-state index contributed by atoms with van der Waals surface area (Å²) < 4.78 is 14.1. The summed E-state index contributed by atoms with van der Waals surface area (Å²) in [6.45, 7) is 10.6. The Morgan fingerprint density at radius 3 is 1.70 bits per heavy atom. The van der Waals surface area contributed by atoms with E-state index in [0.717, 1.165) is 0 Å². The molecule has 2 aromatic rings. The maximum Gasteiger partial charge on any atom is 0.322 e. The summed E-state index contributed by atoms with van der Waals surface area (Å²) >= 11 is 1.44. The second kappa shape index (κ2) is 29.9. The van der Waals surface area contributed by atoms with Gasteiger partial charge in [-0.05, 0) is 104 Å². The van der Waals surface area contributed by atoms with Crippen LogP contribution in [0.25, 0.3) is 0 Å². The van der Waals surface area contributed by atoms with Crippen molar-refractivity contribution in [1.29, 1.82) is 0 Å². The number of aromatic hydroxyl groups is 2. The molecule has 0 aromatic heterocycles. The van der Waals surface area contributed by atoms with Gasteiger partial charge in [0, 0.05) is 31.5 Å². The fourth-order valence-electron chi connectivity index (χ4n) is 8.43. The van der Waals surface area contributed by atoms with E-state index in [9.17, 15) is 58.0 Å². The molecule has 1 aliphatic heterocycles. The Morgan fingerprint density at radius 2 is 1.18 bits per heavy atom. The van der Waals surface area contributed by atoms with Crippen molar-refractivity contribution in [3.63, 3.8) is 0 Å². The van der Waals surface area contributed by atoms with Gasteiger partial charge in [-0.1, -0.05) is 65.8 Å². The summed E-state index contributed by atoms with van der Waals surface area (Å²) in [7, 11) is -4.44. The van der Waals surface area contributed by atoms with E-state index in [-0.39, 0.29) is 74.3 Å². The van der Waals surface area contributed by atoms with Gasteiger partial charge in [0.2, 0.25) is 48.7 Å². The molecule has 7 amide bonds. The Bertz CT molecular complexity index is 2230. The molecule has 1 saturated heterocycles. The first kappa shape index (κ1) is 61.6. The zero-order valence-corrected chi connectivity index (χ0v) is 44.6. The highest BCUT2D eigenvalue weighted by Gasteiger charge is 2.40. The molecule has 0 spiro atoms. The molecule has 21 nitrogen and oxygen atoms in total. The van der Waals surface area contributed by atoms with Crippen molar-refractivity contribution < 1.29 is 63.1 Å². The lowest BCUT2D eigenvalue weighted by atomic mass is 9.96. The van der Waals surface area contributed by atoms with Gasteiger partial charge in [-0.15, -0.1) is 0 Å². The normalized spacial score (nSPS) is 16.8. The summed E-state index contributed by atoms with van der Waals surface area (Å²) in [5, 5.41) is 44.6. The van der Waals surface area contributed by atoms with E-state index in [0.29, 0.717) is 29.7 Å². The number of carbonyl (C=O) groups excluding carboxylic acids is 7. The van der Waals surface area contributed by atoms with Crippen LogP contribution in [-0.4, -0.2) is 146 Å². The topological polar surface area (TPSA) is 336 Å². The van der Waals surface area contributed by atoms with E-state index in [1.165, 1.54) is 40.9 Å². The first-order valence-corrected chi connectivity index (χ1v) is 28.1. The van der Waals surface area contributed by atoms with E-state index in [2.05, 4.69) is 31.9 Å². The van der Waals surface area contributed by atoms with Crippen LogP contribution in [0.1, 0.15) is 91.2 Å². The van der Waals surface area contributed by atoms with Crippen LogP contribution in [0.2, 0.25) is 0 Å². The minimum atomic E-state index is -4.44. The van der Waals surface area contributed by atoms with Crippen LogP contribution in [0.3, 0.4) is 0 Å². The molecule has 73 heavy (non-hydrogen) atoms. The number of thioether (sulfide) groups is 1. The van der Waals surface area contributed by atoms with Crippen molar-refractivity contribution >= 4 is 66.5 Å². The molecule has 0 bridgehead atoms. The number of rotatable bonds is 30. The van der Waals surface area contributed by atoms with Crippen LogP contribution in [0.5, 0.6) is 11.5 Å². The summed E-state index contributed by atoms with van der Waals surface area (Å²) in [6, 6.07) is 4.97. The molecule has 3 rings (SSSR count). The van der Waals surface area contributed by atoms with E-state index in [1.54, 1.807) is 38.1 Å². The van der Waals surface area contributed by atoms with Gasteiger partial charge in [0.05, 0.1) is 12.3 Å². The Kier molecular flexibility index (Phi) is 25.2. The van der Waals surface area contributed by atoms with Crippen LogP contribution in [-0.2, 0) is 55.8 Å². The first-order valence-electron chi connectivity index (χ1n) is 24.7. The molecule has 8 atom stereocenters. The number of nitrogens with zero attached hydrogens (tertiary/aromatic N) is 1. The Labute approximate surface area is 432 Å². The maximum absolute atomic E-state index is 14.4. The van der Waals surface area contributed by atoms with E-state index in [1.807, 2.05) is 34.0 Å². The molecule has 0 saturated carbocycles. The van der Waals surface area contributed by atoms with Crippen molar-refractivity contribution in [3.8, 4) is 11.5 Å². The molecule has 406 valence electrons. The molecule has 0 radical (unpaired) electrons. The van der Waals surface area contributed by atoms with Gasteiger partial charge in [-0.2, -0.15) is 11.8 Å². The minimum absolute atomic E-state index is 0.0412. The van der Waals surface area contributed by atoms with Crippen molar-refractivity contribution in [2.45, 2.75) is 129 Å². The standard InChI is InChI=1S/C50H77N8O13PS/c1-29(2)21-34(27-72(70,71)28-53-46(65)39(24-32-10-14-35(59)15-11-32)56-47(66)38(18-20-73-7)54-45(64)37(51)22-30(3)4)44(63)55-40(25-33-12-16-36(60)17-13-33)48(67)57-41(23-31(5)6)50(69)58-19-8-9-42(58)49(68)52-26-43(61)62/h10-17,29-31,34,37-42,59-60H,8-9,18-28,51H2,1-7H3,(H,52,68)(H,53,65)(H,54,64)(H,55,63)(H,56,66)(H,57,67)(H,61,62)(H,70,71)/t34-,37-,38-,39-,40-,41-,42-/m0/s1. The van der Waals surface area contributed by atoms with Gasteiger partial charge in [-0.25, -0.2) is 0 Å². The highest BCUT2D eigenvalue weighted by molar-refractivity contribution is 7.98. The highest BCUT2D eigenvalue weighted by atomic mass is 32.2. The van der Waals surface area contributed by atoms with Crippen molar-refractivity contribution in [3.05, 3.63) is 59.7 Å². The molecule has 2 aromatic carbocycles. The van der Waals surface area contributed by atoms with E-state index < -0.39 is 116 Å². The lowest BCUT2D eigenvalue weighted by Gasteiger charge is -2.31. The fraction of sp³-hybridized carbons (Fsp3) is 0.600. The zero-order chi connectivity index (χ0) is 54.6. The molecule has 0 aliphatic carbocycles. The number of aliphatic carboxylic acids is 1. The number of hydrogen-bond donors (Lipinski definition) is 11. The molecule has 12 N–H and O–H groups in total. The number of carboxylic acid groups (broad SMARTS) is 1. The Balaban J connectivity index is 1.87. The molecule has 1 aliphatic rings. The summed E-state index contributed by atoms with van der Waals surface area (Å²) in [5.41, 5.74) is 7.14. The van der Waals surface area contributed by atoms with Crippen molar-refractivity contribution in [2.24, 2.45) is 29.4 Å². The third-order valence-corrected chi connectivity index (χ3v) is 14.3. The maximum atomic E-state index is 14.4. The van der Waals surface area contributed by atoms with Gasteiger partial charge in [0.1, 0.15) is 48.3 Å². The number of amides is 7. The third-order valence-electron chi connectivity index (χ3n) is 12.0. The first-order chi connectivity index (χ1) is 34.3. The van der Waals surface area contributed by atoms with Crippen molar-refractivity contribution in [1.82, 2.24) is 36.8 Å². The number of hydrogen-bond acceptors (Lipinski definition) is 13. The number of phenolic OH excluding ortho intramolecular Hbond substituents is 2. The highest BCUT2D eigenvalue weighted by Crippen LogP contribution is 2.42. The SMILES string of the molecule is CSCC[C@H](NC(=O)[C@@H](N)CC(C)C)C(=O)N[C@@H](Cc1ccc(O)cc1)C(=O)NCP(=O)(O)C[C@H](CC(C)C)C(=O)N[C@@H](Cc1ccc(O)cc1)C(=O)N[C@@H](CC(C)C)C(=O)N1CCC[C@H]1C(=O)NCC(=O)O.